The maximum absolute atomic E-state index is 13.7. The highest BCUT2D eigenvalue weighted by atomic mass is 16.5. The summed E-state index contributed by atoms with van der Waals surface area (Å²) < 4.78 is 11.0. The fourth-order valence-electron chi connectivity index (χ4n) is 4.72. The number of hydrogen-bond donors (Lipinski definition) is 1. The van der Waals surface area contributed by atoms with Gasteiger partial charge in [0.1, 0.15) is 0 Å². The average Bonchev–Trinajstić information content (AvgIpc) is 2.96. The van der Waals surface area contributed by atoms with E-state index in [4.69, 9.17) is 9.47 Å². The SMILES string of the molecule is COc1cc2c(cc1OC)N(C)C1=C(C2)C(=O)N([C@H](CO)Cc2ccccc2)CCC1. The van der Waals surface area contributed by atoms with Crippen LogP contribution in [0.5, 0.6) is 11.5 Å². The third-order valence-corrected chi connectivity index (χ3v) is 6.36. The van der Waals surface area contributed by atoms with Crippen LogP contribution in [0.2, 0.25) is 0 Å². The van der Waals surface area contributed by atoms with Crippen molar-refractivity contribution in [2.75, 3.05) is 39.3 Å². The van der Waals surface area contributed by atoms with E-state index in [-0.39, 0.29) is 18.6 Å². The number of allylic oxidation sites excluding steroid dienone is 1. The molecule has 2 aliphatic heterocycles. The summed E-state index contributed by atoms with van der Waals surface area (Å²) >= 11 is 0. The summed E-state index contributed by atoms with van der Waals surface area (Å²) in [6.07, 6.45) is 2.88. The van der Waals surface area contributed by atoms with Crippen LogP contribution in [-0.2, 0) is 17.6 Å². The van der Waals surface area contributed by atoms with Crippen LogP contribution in [0.3, 0.4) is 0 Å². The van der Waals surface area contributed by atoms with Gasteiger partial charge in [0.05, 0.1) is 26.9 Å². The summed E-state index contributed by atoms with van der Waals surface area (Å²) in [6, 6.07) is 13.7. The van der Waals surface area contributed by atoms with Crippen molar-refractivity contribution in [1.82, 2.24) is 4.90 Å². The van der Waals surface area contributed by atoms with Gasteiger partial charge in [-0.15, -0.1) is 0 Å². The molecule has 4 rings (SSSR count). The molecule has 0 aliphatic carbocycles. The van der Waals surface area contributed by atoms with Gasteiger partial charge in [0.15, 0.2) is 11.5 Å². The molecule has 2 aliphatic rings. The first-order chi connectivity index (χ1) is 15.1. The maximum atomic E-state index is 13.7. The predicted octanol–water partition coefficient (Wildman–Crippen LogP) is 3.18. The number of ether oxygens (including phenoxy) is 2. The number of hydrogen-bond acceptors (Lipinski definition) is 5. The van der Waals surface area contributed by atoms with Crippen molar-refractivity contribution in [3.8, 4) is 11.5 Å². The van der Waals surface area contributed by atoms with Crippen molar-refractivity contribution in [3.63, 3.8) is 0 Å². The van der Waals surface area contributed by atoms with Crippen molar-refractivity contribution in [3.05, 3.63) is 64.9 Å². The lowest BCUT2D eigenvalue weighted by molar-refractivity contribution is -0.130. The van der Waals surface area contributed by atoms with Crippen LogP contribution in [-0.4, -0.2) is 56.4 Å². The Kier molecular flexibility index (Phi) is 6.18. The monoisotopic (exact) mass is 422 g/mol. The molecule has 0 radical (unpaired) electrons. The van der Waals surface area contributed by atoms with Gasteiger partial charge in [-0.3, -0.25) is 4.79 Å². The summed E-state index contributed by atoms with van der Waals surface area (Å²) in [5.74, 6) is 1.37. The second-order valence-corrected chi connectivity index (χ2v) is 8.13. The molecule has 164 valence electrons. The zero-order chi connectivity index (χ0) is 22.0. The smallest absolute Gasteiger partial charge is 0.252 e. The maximum Gasteiger partial charge on any atom is 0.252 e. The van der Waals surface area contributed by atoms with Crippen LogP contribution in [0.25, 0.3) is 0 Å². The minimum Gasteiger partial charge on any atom is -0.493 e. The van der Waals surface area contributed by atoms with E-state index in [1.54, 1.807) is 14.2 Å². The number of benzene rings is 2. The summed E-state index contributed by atoms with van der Waals surface area (Å²) in [5, 5.41) is 10.1. The topological polar surface area (TPSA) is 62.2 Å². The fourth-order valence-corrected chi connectivity index (χ4v) is 4.72. The number of fused-ring (bicyclic) bond motifs is 1. The molecule has 2 heterocycles. The molecule has 0 aromatic heterocycles. The minimum absolute atomic E-state index is 0.0229. The van der Waals surface area contributed by atoms with Gasteiger partial charge in [0.2, 0.25) is 0 Å². The number of methoxy groups -OCH3 is 2. The highest BCUT2D eigenvalue weighted by Gasteiger charge is 2.35. The number of anilines is 1. The quantitative estimate of drug-likeness (QED) is 0.775. The van der Waals surface area contributed by atoms with Crippen LogP contribution in [0, 0.1) is 0 Å². The van der Waals surface area contributed by atoms with Gasteiger partial charge in [-0.2, -0.15) is 0 Å². The van der Waals surface area contributed by atoms with Gasteiger partial charge in [-0.25, -0.2) is 0 Å². The first-order valence-electron chi connectivity index (χ1n) is 10.7. The van der Waals surface area contributed by atoms with E-state index in [9.17, 15) is 9.90 Å². The van der Waals surface area contributed by atoms with Crippen LogP contribution < -0.4 is 14.4 Å². The van der Waals surface area contributed by atoms with Crippen LogP contribution in [0.1, 0.15) is 24.0 Å². The number of aliphatic hydroxyl groups excluding tert-OH is 1. The lowest BCUT2D eigenvalue weighted by atomic mass is 9.93. The van der Waals surface area contributed by atoms with E-state index in [0.29, 0.717) is 30.9 Å². The second-order valence-electron chi connectivity index (χ2n) is 8.13. The Balaban J connectivity index is 1.66. The Morgan fingerprint density at radius 3 is 2.48 bits per heavy atom. The van der Waals surface area contributed by atoms with E-state index in [2.05, 4.69) is 4.90 Å². The molecule has 6 nitrogen and oxygen atoms in total. The molecule has 1 atom stereocenters. The summed E-state index contributed by atoms with van der Waals surface area (Å²) in [7, 11) is 5.26. The van der Waals surface area contributed by atoms with Gasteiger partial charge in [0.25, 0.3) is 5.91 Å². The molecule has 31 heavy (non-hydrogen) atoms. The molecular weight excluding hydrogens is 392 g/mol. The molecule has 1 amide bonds. The molecule has 2 aromatic rings. The third-order valence-electron chi connectivity index (χ3n) is 6.36. The van der Waals surface area contributed by atoms with E-state index >= 15 is 0 Å². The molecular formula is C25H30N2O4. The zero-order valence-corrected chi connectivity index (χ0v) is 18.4. The third kappa shape index (κ3) is 4.00. The minimum atomic E-state index is -0.237. The van der Waals surface area contributed by atoms with Gasteiger partial charge in [0, 0.05) is 43.0 Å². The number of nitrogens with zero attached hydrogens (tertiary/aromatic N) is 2. The molecule has 0 fully saturated rings. The number of carbonyl (C=O) groups is 1. The zero-order valence-electron chi connectivity index (χ0n) is 18.4. The number of amides is 1. The van der Waals surface area contributed by atoms with Crippen molar-refractivity contribution in [2.45, 2.75) is 31.7 Å². The molecule has 0 unspecified atom stereocenters. The first-order valence-corrected chi connectivity index (χ1v) is 10.7. The van der Waals surface area contributed by atoms with E-state index in [1.165, 1.54) is 0 Å². The lowest BCUT2D eigenvalue weighted by Crippen LogP contribution is -2.45. The number of aliphatic hydroxyl groups is 1. The van der Waals surface area contributed by atoms with E-state index in [0.717, 1.165) is 40.9 Å². The normalized spacial score (nSPS) is 17.1. The summed E-state index contributed by atoms with van der Waals surface area (Å²) in [6.45, 7) is 0.585. The standard InChI is InChI=1S/C25H30N2O4/c1-26-21-10-7-11-27(19(16-28)12-17-8-5-4-6-9-17)25(29)20(21)13-18-14-23(30-2)24(31-3)15-22(18)26/h4-6,8-9,14-15,19,28H,7,10-13,16H2,1-3H3/t19-/m0/s1. The van der Waals surface area contributed by atoms with E-state index < -0.39 is 0 Å². The van der Waals surface area contributed by atoms with Gasteiger partial charge >= 0.3 is 0 Å². The van der Waals surface area contributed by atoms with Crippen LogP contribution in [0.15, 0.2) is 53.7 Å². The Labute approximate surface area is 183 Å². The highest BCUT2D eigenvalue weighted by Crippen LogP contribution is 2.42. The Bertz CT molecular complexity index is 987. The number of rotatable bonds is 6. The van der Waals surface area contributed by atoms with Crippen molar-refractivity contribution < 1.29 is 19.4 Å². The largest absolute Gasteiger partial charge is 0.493 e. The molecule has 1 N–H and O–H groups in total. The second kappa shape index (κ2) is 9.02. The molecule has 0 saturated heterocycles. The van der Waals surface area contributed by atoms with E-state index in [1.807, 2.05) is 54.4 Å². The van der Waals surface area contributed by atoms with Crippen LogP contribution >= 0.6 is 0 Å². The van der Waals surface area contributed by atoms with Gasteiger partial charge < -0.3 is 24.4 Å². The predicted molar refractivity (Wildman–Crippen MR) is 121 cm³/mol. The molecule has 6 heteroatoms. The Morgan fingerprint density at radius 2 is 1.81 bits per heavy atom. The van der Waals surface area contributed by atoms with Crippen molar-refractivity contribution in [1.29, 1.82) is 0 Å². The highest BCUT2D eigenvalue weighted by molar-refractivity contribution is 5.97. The molecule has 0 spiro atoms. The van der Waals surface area contributed by atoms with Crippen LogP contribution in [0.4, 0.5) is 5.69 Å². The number of carbonyl (C=O) groups excluding carboxylic acids is 1. The molecule has 2 aromatic carbocycles. The Hall–Kier alpha value is -2.99. The van der Waals surface area contributed by atoms with Gasteiger partial charge in [-0.1, -0.05) is 30.3 Å². The molecule has 0 bridgehead atoms. The van der Waals surface area contributed by atoms with Crippen molar-refractivity contribution in [2.24, 2.45) is 0 Å². The lowest BCUT2D eigenvalue weighted by Gasteiger charge is -2.34. The summed E-state index contributed by atoms with van der Waals surface area (Å²) in [4.78, 5) is 17.7. The molecule has 0 saturated carbocycles. The first kappa shape index (κ1) is 21.2. The Morgan fingerprint density at radius 1 is 1.10 bits per heavy atom. The van der Waals surface area contributed by atoms with Gasteiger partial charge in [-0.05, 0) is 36.5 Å². The summed E-state index contributed by atoms with van der Waals surface area (Å²) in [5.41, 5.74) is 5.07. The fraction of sp³-hybridized carbons (Fsp3) is 0.400. The average molecular weight is 423 g/mol. The van der Waals surface area contributed by atoms with Crippen molar-refractivity contribution >= 4 is 11.6 Å².